The van der Waals surface area contributed by atoms with Gasteiger partial charge < -0.3 is 14.2 Å². The van der Waals surface area contributed by atoms with Gasteiger partial charge in [0.2, 0.25) is 0 Å². The Balaban J connectivity index is 4.30. The molecular formula is C74H140O6. The molecule has 0 saturated heterocycles. The number of ether oxygens (including phenoxy) is 3. The number of esters is 3. The average Bonchev–Trinajstić information content (AvgIpc) is 3.46. The molecule has 0 aliphatic heterocycles. The number of unbranched alkanes of at least 4 members (excludes halogenated alkanes) is 53. The highest BCUT2D eigenvalue weighted by Gasteiger charge is 2.19. The zero-order chi connectivity index (χ0) is 57.8. The highest BCUT2D eigenvalue weighted by Crippen LogP contribution is 2.19. The van der Waals surface area contributed by atoms with Gasteiger partial charge in [0.25, 0.3) is 0 Å². The lowest BCUT2D eigenvalue weighted by molar-refractivity contribution is -0.167. The van der Waals surface area contributed by atoms with E-state index in [1.807, 2.05) is 0 Å². The molecule has 6 nitrogen and oxygen atoms in total. The lowest BCUT2D eigenvalue weighted by Gasteiger charge is -2.18. The maximum Gasteiger partial charge on any atom is 0.306 e. The van der Waals surface area contributed by atoms with Crippen molar-refractivity contribution in [1.29, 1.82) is 0 Å². The van der Waals surface area contributed by atoms with Crippen molar-refractivity contribution < 1.29 is 28.6 Å². The van der Waals surface area contributed by atoms with Crippen LogP contribution in [0.3, 0.4) is 0 Å². The molecule has 0 spiro atoms. The van der Waals surface area contributed by atoms with Crippen LogP contribution in [0, 0.1) is 0 Å². The summed E-state index contributed by atoms with van der Waals surface area (Å²) in [5.74, 6) is -0.834. The van der Waals surface area contributed by atoms with Crippen molar-refractivity contribution in [2.75, 3.05) is 13.2 Å². The van der Waals surface area contributed by atoms with E-state index in [0.29, 0.717) is 19.3 Å². The van der Waals surface area contributed by atoms with Gasteiger partial charge in [0.15, 0.2) is 6.10 Å². The summed E-state index contributed by atoms with van der Waals surface area (Å²) in [7, 11) is 0. The predicted molar refractivity (Wildman–Crippen MR) is 349 cm³/mol. The van der Waals surface area contributed by atoms with Crippen LogP contribution >= 0.6 is 0 Å². The fraction of sp³-hybridized carbons (Fsp3) is 0.905. The molecule has 0 fully saturated rings. The standard InChI is InChI=1S/C74H140O6/c1-4-7-10-13-16-19-22-25-28-31-34-36-37-38-41-43-46-49-52-55-58-61-64-67-73(76)79-70-71(69-78-72(75)66-63-60-57-54-51-48-45-42-39-33-30-27-24-21-18-15-12-9-6-3)80-74(77)68-65-62-59-56-53-50-47-44-40-35-32-29-26-23-20-17-14-11-8-5-2/h27,30-31,34,71H,4-26,28-29,32-33,35-70H2,1-3H3/b30-27-,34-31-. The van der Waals surface area contributed by atoms with E-state index >= 15 is 0 Å². The van der Waals surface area contributed by atoms with Crippen LogP contribution < -0.4 is 0 Å². The van der Waals surface area contributed by atoms with Crippen LogP contribution in [0.15, 0.2) is 24.3 Å². The Kier molecular flexibility index (Phi) is 67.6. The molecule has 0 aliphatic rings. The molecule has 0 aliphatic carbocycles. The van der Waals surface area contributed by atoms with Gasteiger partial charge in [-0.25, -0.2) is 0 Å². The van der Waals surface area contributed by atoms with Gasteiger partial charge in [-0.3, -0.25) is 14.4 Å². The first-order chi connectivity index (χ1) is 39.5. The fourth-order valence-corrected chi connectivity index (χ4v) is 11.2. The Labute approximate surface area is 500 Å². The van der Waals surface area contributed by atoms with Gasteiger partial charge >= 0.3 is 17.9 Å². The van der Waals surface area contributed by atoms with Gasteiger partial charge in [-0.05, 0) is 70.6 Å². The van der Waals surface area contributed by atoms with Crippen molar-refractivity contribution in [2.45, 2.75) is 419 Å². The third-order valence-electron chi connectivity index (χ3n) is 16.7. The number of hydrogen-bond acceptors (Lipinski definition) is 6. The van der Waals surface area contributed by atoms with Gasteiger partial charge in [-0.1, -0.05) is 347 Å². The summed E-state index contributed by atoms with van der Waals surface area (Å²) >= 11 is 0. The monoisotopic (exact) mass is 1130 g/mol. The Morgan fingerprint density at radius 3 is 0.625 bits per heavy atom. The molecule has 6 heteroatoms. The van der Waals surface area contributed by atoms with Crippen molar-refractivity contribution in [3.63, 3.8) is 0 Å². The third kappa shape index (κ3) is 66.7. The normalized spacial score (nSPS) is 12.1. The van der Waals surface area contributed by atoms with Crippen LogP contribution in [0.25, 0.3) is 0 Å². The SMILES string of the molecule is CCCCCCCC/C=C\CCCCCCCCCCCC(=O)OCC(COC(=O)CCCCCCCCCCCCC/C=C\CCCCCCCCCC)OC(=O)CCCCCCCCCCCCCCCCCCCCCC. The smallest absolute Gasteiger partial charge is 0.306 e. The van der Waals surface area contributed by atoms with Gasteiger partial charge in [0.05, 0.1) is 0 Å². The molecule has 0 aromatic heterocycles. The minimum atomic E-state index is -0.771. The van der Waals surface area contributed by atoms with E-state index in [2.05, 4.69) is 45.1 Å². The first-order valence-corrected chi connectivity index (χ1v) is 36.3. The molecule has 0 N–H and O–H groups in total. The summed E-state index contributed by atoms with van der Waals surface area (Å²) in [6.07, 6.45) is 84.9. The molecule has 0 heterocycles. The first-order valence-electron chi connectivity index (χ1n) is 36.3. The quantitative estimate of drug-likeness (QED) is 0.0261. The highest BCUT2D eigenvalue weighted by molar-refractivity contribution is 5.71. The minimum Gasteiger partial charge on any atom is -0.462 e. The molecular weight excluding hydrogens is 985 g/mol. The Hall–Kier alpha value is -2.11. The Bertz CT molecular complexity index is 1290. The maximum absolute atomic E-state index is 13.0. The van der Waals surface area contributed by atoms with Gasteiger partial charge in [-0.15, -0.1) is 0 Å². The first kappa shape index (κ1) is 77.9. The summed E-state index contributed by atoms with van der Waals surface area (Å²) < 4.78 is 17.0. The van der Waals surface area contributed by atoms with Crippen molar-refractivity contribution in [3.05, 3.63) is 24.3 Å². The predicted octanol–water partition coefficient (Wildman–Crippen LogP) is 25.0. The van der Waals surface area contributed by atoms with E-state index in [9.17, 15) is 14.4 Å². The lowest BCUT2D eigenvalue weighted by atomic mass is 10.0. The summed E-state index contributed by atoms with van der Waals surface area (Å²) in [5, 5.41) is 0. The number of allylic oxidation sites excluding steroid dienone is 4. The minimum absolute atomic E-state index is 0.0663. The second-order valence-electron chi connectivity index (χ2n) is 24.9. The van der Waals surface area contributed by atoms with Crippen LogP contribution in [-0.2, 0) is 28.6 Å². The Morgan fingerprint density at radius 2 is 0.412 bits per heavy atom. The molecule has 0 rings (SSSR count). The molecule has 1 unspecified atom stereocenters. The number of carbonyl (C=O) groups excluding carboxylic acids is 3. The highest BCUT2D eigenvalue weighted by atomic mass is 16.6. The molecule has 0 aromatic rings. The largest absolute Gasteiger partial charge is 0.462 e. The van der Waals surface area contributed by atoms with Crippen LogP contribution in [0.2, 0.25) is 0 Å². The van der Waals surface area contributed by atoms with Crippen molar-refractivity contribution in [1.82, 2.24) is 0 Å². The molecule has 0 amide bonds. The summed E-state index contributed by atoms with van der Waals surface area (Å²) in [5.41, 5.74) is 0. The zero-order valence-electron chi connectivity index (χ0n) is 54.4. The van der Waals surface area contributed by atoms with Crippen molar-refractivity contribution in [2.24, 2.45) is 0 Å². The maximum atomic E-state index is 13.0. The number of rotatable bonds is 68. The molecule has 0 saturated carbocycles. The number of carbonyl (C=O) groups is 3. The van der Waals surface area contributed by atoms with E-state index in [0.717, 1.165) is 57.8 Å². The van der Waals surface area contributed by atoms with Crippen LogP contribution in [-0.4, -0.2) is 37.2 Å². The molecule has 1 atom stereocenters. The molecule has 80 heavy (non-hydrogen) atoms. The van der Waals surface area contributed by atoms with Gasteiger partial charge in [0.1, 0.15) is 13.2 Å². The molecule has 0 bridgehead atoms. The molecule has 0 radical (unpaired) electrons. The van der Waals surface area contributed by atoms with E-state index in [-0.39, 0.29) is 31.1 Å². The zero-order valence-corrected chi connectivity index (χ0v) is 54.4. The molecule has 472 valence electrons. The van der Waals surface area contributed by atoms with Crippen LogP contribution in [0.4, 0.5) is 0 Å². The summed E-state index contributed by atoms with van der Waals surface area (Å²) in [4.78, 5) is 38.5. The second-order valence-corrected chi connectivity index (χ2v) is 24.9. The second kappa shape index (κ2) is 69.4. The Morgan fingerprint density at radius 1 is 0.237 bits per heavy atom. The fourth-order valence-electron chi connectivity index (χ4n) is 11.2. The number of hydrogen-bond donors (Lipinski definition) is 0. The van der Waals surface area contributed by atoms with Gasteiger partial charge in [0, 0.05) is 19.3 Å². The lowest BCUT2D eigenvalue weighted by Crippen LogP contribution is -2.30. The topological polar surface area (TPSA) is 78.9 Å². The van der Waals surface area contributed by atoms with E-state index in [1.54, 1.807) is 0 Å². The van der Waals surface area contributed by atoms with Gasteiger partial charge in [-0.2, -0.15) is 0 Å². The van der Waals surface area contributed by atoms with E-state index < -0.39 is 6.10 Å². The van der Waals surface area contributed by atoms with Crippen molar-refractivity contribution in [3.8, 4) is 0 Å². The van der Waals surface area contributed by atoms with Crippen LogP contribution in [0.5, 0.6) is 0 Å². The summed E-state index contributed by atoms with van der Waals surface area (Å²) in [6, 6.07) is 0. The van der Waals surface area contributed by atoms with E-state index in [4.69, 9.17) is 14.2 Å². The third-order valence-corrected chi connectivity index (χ3v) is 16.7. The van der Waals surface area contributed by atoms with Crippen LogP contribution in [0.1, 0.15) is 412 Å². The van der Waals surface area contributed by atoms with E-state index in [1.165, 1.54) is 315 Å². The van der Waals surface area contributed by atoms with Crippen molar-refractivity contribution >= 4 is 17.9 Å². The molecule has 0 aromatic carbocycles. The average molecular weight is 1130 g/mol. The summed E-state index contributed by atoms with van der Waals surface area (Å²) in [6.45, 7) is 6.73.